The molecule has 2 heterocycles. The fourth-order valence-corrected chi connectivity index (χ4v) is 1.97. The predicted molar refractivity (Wildman–Crippen MR) is 73.0 cm³/mol. The number of aromatic amines is 1. The van der Waals surface area contributed by atoms with E-state index in [9.17, 15) is 0 Å². The quantitative estimate of drug-likeness (QED) is 0.753. The largest absolute Gasteiger partial charge is 0.438 e. The van der Waals surface area contributed by atoms with E-state index in [1.807, 2.05) is 37.4 Å². The van der Waals surface area contributed by atoms with Gasteiger partial charge in [-0.15, -0.1) is 0 Å². The molecule has 2 aromatic heterocycles. The lowest BCUT2D eigenvalue weighted by atomic mass is 10.2. The zero-order valence-electron chi connectivity index (χ0n) is 10.6. The number of aromatic nitrogens is 3. The van der Waals surface area contributed by atoms with Gasteiger partial charge in [0, 0.05) is 12.7 Å². The van der Waals surface area contributed by atoms with Gasteiger partial charge in [0.2, 0.25) is 5.88 Å². The van der Waals surface area contributed by atoms with Crippen molar-refractivity contribution >= 4 is 11.0 Å². The summed E-state index contributed by atoms with van der Waals surface area (Å²) in [5.41, 5.74) is 8.47. The smallest absolute Gasteiger partial charge is 0.232 e. The molecule has 0 unspecified atom stereocenters. The highest BCUT2D eigenvalue weighted by Crippen LogP contribution is 2.28. The van der Waals surface area contributed by atoms with Crippen LogP contribution in [-0.4, -0.2) is 15.0 Å². The number of H-pyrrole nitrogens is 1. The van der Waals surface area contributed by atoms with Crippen molar-refractivity contribution in [2.24, 2.45) is 5.73 Å². The van der Waals surface area contributed by atoms with Crippen LogP contribution in [0.15, 0.2) is 36.8 Å². The number of hydrogen-bond donors (Lipinski definition) is 2. The third kappa shape index (κ3) is 2.15. The van der Waals surface area contributed by atoms with Crippen LogP contribution in [0.2, 0.25) is 0 Å². The van der Waals surface area contributed by atoms with Crippen LogP contribution >= 0.6 is 0 Å². The van der Waals surface area contributed by atoms with Gasteiger partial charge in [-0.2, -0.15) is 0 Å². The van der Waals surface area contributed by atoms with E-state index in [2.05, 4.69) is 15.0 Å². The second-order valence-electron chi connectivity index (χ2n) is 4.32. The number of nitrogens with one attached hydrogen (secondary N) is 1. The second kappa shape index (κ2) is 4.70. The molecule has 0 aliphatic heterocycles. The Hall–Kier alpha value is -2.40. The third-order valence-electron chi connectivity index (χ3n) is 3.01. The van der Waals surface area contributed by atoms with Crippen LogP contribution in [0.25, 0.3) is 11.0 Å². The van der Waals surface area contributed by atoms with Crippen molar-refractivity contribution in [3.63, 3.8) is 0 Å². The molecule has 19 heavy (non-hydrogen) atoms. The predicted octanol–water partition coefficient (Wildman–Crippen LogP) is 2.52. The van der Waals surface area contributed by atoms with Crippen LogP contribution in [0.4, 0.5) is 0 Å². The van der Waals surface area contributed by atoms with Crippen LogP contribution in [0.1, 0.15) is 11.1 Å². The first-order valence-electron chi connectivity index (χ1n) is 6.03. The van der Waals surface area contributed by atoms with Crippen molar-refractivity contribution < 1.29 is 4.74 Å². The first-order chi connectivity index (χ1) is 9.28. The van der Waals surface area contributed by atoms with Gasteiger partial charge in [0.1, 0.15) is 17.7 Å². The standard InChI is InChI=1S/C14H14N4O/c1-9-7-16-13-12(9)14(18-8-17-13)19-11-4-2-10(6-15)3-5-11/h2-5,7-8H,6,15H2,1H3,(H,16,17,18). The first kappa shape index (κ1) is 11.7. The second-order valence-corrected chi connectivity index (χ2v) is 4.32. The molecular weight excluding hydrogens is 240 g/mol. The van der Waals surface area contributed by atoms with E-state index in [4.69, 9.17) is 10.5 Å². The van der Waals surface area contributed by atoms with Gasteiger partial charge in [0.15, 0.2) is 0 Å². The van der Waals surface area contributed by atoms with Gasteiger partial charge < -0.3 is 15.5 Å². The number of benzene rings is 1. The Morgan fingerprint density at radius 3 is 2.74 bits per heavy atom. The average Bonchev–Trinajstić information content (AvgIpc) is 2.83. The van der Waals surface area contributed by atoms with Gasteiger partial charge in [0.05, 0.1) is 5.39 Å². The van der Waals surface area contributed by atoms with Crippen LogP contribution in [0, 0.1) is 6.92 Å². The lowest BCUT2D eigenvalue weighted by molar-refractivity contribution is 0.468. The molecule has 5 heteroatoms. The molecule has 0 saturated heterocycles. The molecule has 0 spiro atoms. The molecule has 3 N–H and O–H groups in total. The Labute approximate surface area is 110 Å². The summed E-state index contributed by atoms with van der Waals surface area (Å²) in [7, 11) is 0. The van der Waals surface area contributed by atoms with Crippen molar-refractivity contribution in [3.8, 4) is 11.6 Å². The van der Waals surface area contributed by atoms with Crippen molar-refractivity contribution in [2.45, 2.75) is 13.5 Å². The summed E-state index contributed by atoms with van der Waals surface area (Å²) < 4.78 is 5.82. The highest BCUT2D eigenvalue weighted by molar-refractivity contribution is 5.84. The van der Waals surface area contributed by atoms with Gasteiger partial charge in [-0.25, -0.2) is 9.97 Å². The van der Waals surface area contributed by atoms with E-state index < -0.39 is 0 Å². The molecule has 0 fully saturated rings. The monoisotopic (exact) mass is 254 g/mol. The van der Waals surface area contributed by atoms with Crippen LogP contribution in [-0.2, 0) is 6.54 Å². The minimum atomic E-state index is 0.523. The molecule has 0 atom stereocenters. The fourth-order valence-electron chi connectivity index (χ4n) is 1.97. The van der Waals surface area contributed by atoms with Crippen molar-refractivity contribution in [1.82, 2.24) is 15.0 Å². The van der Waals surface area contributed by atoms with E-state index >= 15 is 0 Å². The summed E-state index contributed by atoms with van der Waals surface area (Å²) in [4.78, 5) is 11.5. The summed E-state index contributed by atoms with van der Waals surface area (Å²) in [6.07, 6.45) is 3.38. The maximum absolute atomic E-state index is 5.82. The molecule has 5 nitrogen and oxygen atoms in total. The lowest BCUT2D eigenvalue weighted by Crippen LogP contribution is -1.96. The average molecular weight is 254 g/mol. The SMILES string of the molecule is Cc1c[nH]c2ncnc(Oc3ccc(CN)cc3)c12. The Morgan fingerprint density at radius 1 is 1.21 bits per heavy atom. The minimum absolute atomic E-state index is 0.523. The van der Waals surface area contributed by atoms with E-state index in [0.717, 1.165) is 27.9 Å². The van der Waals surface area contributed by atoms with E-state index in [-0.39, 0.29) is 0 Å². The van der Waals surface area contributed by atoms with Crippen LogP contribution in [0.3, 0.4) is 0 Å². The summed E-state index contributed by atoms with van der Waals surface area (Å²) >= 11 is 0. The Morgan fingerprint density at radius 2 is 2.00 bits per heavy atom. The molecule has 0 aliphatic carbocycles. The lowest BCUT2D eigenvalue weighted by Gasteiger charge is -2.06. The zero-order chi connectivity index (χ0) is 13.2. The molecule has 0 radical (unpaired) electrons. The molecular formula is C14H14N4O. The number of fused-ring (bicyclic) bond motifs is 1. The number of ether oxygens (including phenoxy) is 1. The number of aryl methyl sites for hydroxylation is 1. The maximum Gasteiger partial charge on any atom is 0.232 e. The number of rotatable bonds is 3. The molecule has 0 saturated carbocycles. The van der Waals surface area contributed by atoms with Gasteiger partial charge in [-0.05, 0) is 30.2 Å². The molecule has 3 aromatic rings. The summed E-state index contributed by atoms with van der Waals surface area (Å²) in [6, 6.07) is 7.66. The number of nitrogens with two attached hydrogens (primary N) is 1. The molecule has 0 aliphatic rings. The van der Waals surface area contributed by atoms with E-state index in [1.165, 1.54) is 6.33 Å². The Balaban J connectivity index is 1.98. The van der Waals surface area contributed by atoms with Crippen molar-refractivity contribution in [3.05, 3.63) is 47.9 Å². The van der Waals surface area contributed by atoms with Crippen molar-refractivity contribution in [1.29, 1.82) is 0 Å². The van der Waals surface area contributed by atoms with Crippen LogP contribution in [0.5, 0.6) is 11.6 Å². The summed E-state index contributed by atoms with van der Waals surface area (Å²) in [5, 5.41) is 0.908. The maximum atomic E-state index is 5.82. The number of nitrogens with zero attached hydrogens (tertiary/aromatic N) is 2. The molecule has 1 aromatic carbocycles. The summed E-state index contributed by atoms with van der Waals surface area (Å²) in [6.45, 7) is 2.52. The highest BCUT2D eigenvalue weighted by atomic mass is 16.5. The highest BCUT2D eigenvalue weighted by Gasteiger charge is 2.10. The van der Waals surface area contributed by atoms with E-state index in [0.29, 0.717) is 12.4 Å². The Kier molecular flexibility index (Phi) is 2.89. The minimum Gasteiger partial charge on any atom is -0.438 e. The first-order valence-corrected chi connectivity index (χ1v) is 6.03. The molecule has 0 bridgehead atoms. The normalized spacial score (nSPS) is 10.8. The Bertz CT molecular complexity index is 703. The van der Waals surface area contributed by atoms with Gasteiger partial charge >= 0.3 is 0 Å². The van der Waals surface area contributed by atoms with Crippen molar-refractivity contribution in [2.75, 3.05) is 0 Å². The van der Waals surface area contributed by atoms with Gasteiger partial charge in [-0.3, -0.25) is 0 Å². The third-order valence-corrected chi connectivity index (χ3v) is 3.01. The van der Waals surface area contributed by atoms with Gasteiger partial charge in [0.25, 0.3) is 0 Å². The molecule has 96 valence electrons. The number of hydrogen-bond acceptors (Lipinski definition) is 4. The van der Waals surface area contributed by atoms with Crippen LogP contribution < -0.4 is 10.5 Å². The summed E-state index contributed by atoms with van der Waals surface area (Å²) in [5.74, 6) is 1.29. The van der Waals surface area contributed by atoms with E-state index in [1.54, 1.807) is 0 Å². The zero-order valence-corrected chi connectivity index (χ0v) is 10.6. The molecule has 3 rings (SSSR count). The fraction of sp³-hybridized carbons (Fsp3) is 0.143. The van der Waals surface area contributed by atoms with Gasteiger partial charge in [-0.1, -0.05) is 12.1 Å². The molecule has 0 amide bonds. The topological polar surface area (TPSA) is 76.8 Å².